The number of allylic oxidation sites excluding steroid dienone is 8. The average Bonchev–Trinajstić information content (AvgIpc) is 4.18. The van der Waals surface area contributed by atoms with E-state index in [0.29, 0.717) is 0 Å². The van der Waals surface area contributed by atoms with Gasteiger partial charge in [0.15, 0.2) is 0 Å². The SMILES string of the molecule is C1=CC2C3C(=C(c4cccc5c4oc4ccccc45)CC2c2cccc4c2oc2ccccc24)CCC2=C(c4cccc5c4oc4ccccc45)CC(c4cccc5c4oc4ccccc45)C1=C23. The monoisotopic (exact) mass is 874 g/mol. The Labute approximate surface area is 390 Å². The molecule has 4 aliphatic carbocycles. The molecular formula is C64H42O4. The van der Waals surface area contributed by atoms with Crippen molar-refractivity contribution in [2.75, 3.05) is 0 Å². The Morgan fingerprint density at radius 2 is 0.824 bits per heavy atom. The third kappa shape index (κ3) is 4.99. The van der Waals surface area contributed by atoms with Crippen molar-refractivity contribution in [1.29, 1.82) is 0 Å². The molecule has 0 saturated heterocycles. The van der Waals surface area contributed by atoms with Crippen LogP contribution >= 0.6 is 0 Å². The molecule has 0 aliphatic heterocycles. The minimum atomic E-state index is 0.0469. The molecule has 1 fully saturated rings. The van der Waals surface area contributed by atoms with Gasteiger partial charge in [0.25, 0.3) is 0 Å². The predicted molar refractivity (Wildman–Crippen MR) is 276 cm³/mol. The molecule has 4 heterocycles. The predicted octanol–water partition coefficient (Wildman–Crippen LogP) is 17.8. The van der Waals surface area contributed by atoms with E-state index < -0.39 is 0 Å². The fraction of sp³-hybridized carbons (Fsp3) is 0.125. The maximum absolute atomic E-state index is 6.92. The first-order valence-corrected chi connectivity index (χ1v) is 24.2. The van der Waals surface area contributed by atoms with Crippen LogP contribution in [0.15, 0.2) is 222 Å². The molecule has 4 nitrogen and oxygen atoms in total. The summed E-state index contributed by atoms with van der Waals surface area (Å²) in [5, 5.41) is 9.31. The van der Waals surface area contributed by atoms with Crippen molar-refractivity contribution in [3.05, 3.63) is 227 Å². The zero-order valence-electron chi connectivity index (χ0n) is 37.1. The van der Waals surface area contributed by atoms with Crippen LogP contribution in [-0.4, -0.2) is 0 Å². The summed E-state index contributed by atoms with van der Waals surface area (Å²) in [5.41, 5.74) is 21.3. The Bertz CT molecular complexity index is 4300. The van der Waals surface area contributed by atoms with E-state index in [1.807, 2.05) is 0 Å². The van der Waals surface area contributed by atoms with E-state index in [-0.39, 0.29) is 23.7 Å². The normalized spacial score (nSPS) is 20.5. The van der Waals surface area contributed by atoms with Crippen molar-refractivity contribution < 1.29 is 17.7 Å². The van der Waals surface area contributed by atoms with Crippen molar-refractivity contribution in [3.8, 4) is 0 Å². The van der Waals surface area contributed by atoms with Gasteiger partial charge in [-0.3, -0.25) is 0 Å². The van der Waals surface area contributed by atoms with E-state index in [9.17, 15) is 0 Å². The van der Waals surface area contributed by atoms with Gasteiger partial charge in [-0.05, 0) is 95.2 Å². The summed E-state index contributed by atoms with van der Waals surface area (Å²) in [6, 6.07) is 61.2. The van der Waals surface area contributed by atoms with Crippen molar-refractivity contribution in [3.63, 3.8) is 0 Å². The molecule has 12 aromatic rings. The van der Waals surface area contributed by atoms with E-state index >= 15 is 0 Å². The van der Waals surface area contributed by atoms with Crippen LogP contribution in [0.3, 0.4) is 0 Å². The Kier molecular flexibility index (Phi) is 7.49. The smallest absolute Gasteiger partial charge is 0.142 e. The first kappa shape index (κ1) is 37.1. The molecule has 0 spiro atoms. The summed E-state index contributed by atoms with van der Waals surface area (Å²) in [4.78, 5) is 0. The van der Waals surface area contributed by atoms with Gasteiger partial charge in [-0.1, -0.05) is 163 Å². The van der Waals surface area contributed by atoms with Crippen LogP contribution in [0.4, 0.5) is 0 Å². The quantitative estimate of drug-likeness (QED) is 0.177. The molecule has 0 amide bonds. The van der Waals surface area contributed by atoms with Gasteiger partial charge in [0, 0.05) is 71.6 Å². The van der Waals surface area contributed by atoms with E-state index in [0.717, 1.165) is 97.3 Å². The fourth-order valence-electron chi connectivity index (χ4n) is 13.6. The van der Waals surface area contributed by atoms with Gasteiger partial charge < -0.3 is 17.7 Å². The number of fused-ring (bicyclic) bond motifs is 12. The van der Waals surface area contributed by atoms with Crippen LogP contribution in [0.1, 0.15) is 59.8 Å². The molecule has 4 aromatic heterocycles. The van der Waals surface area contributed by atoms with Crippen molar-refractivity contribution >= 4 is 98.9 Å². The molecule has 322 valence electrons. The van der Waals surface area contributed by atoms with E-state index in [1.165, 1.54) is 66.3 Å². The van der Waals surface area contributed by atoms with Gasteiger partial charge in [-0.25, -0.2) is 0 Å². The molecule has 0 N–H and O–H groups in total. The maximum atomic E-state index is 6.92. The number of furan rings is 4. The van der Waals surface area contributed by atoms with Crippen LogP contribution in [0, 0.1) is 11.8 Å². The van der Waals surface area contributed by atoms with Crippen molar-refractivity contribution in [2.24, 2.45) is 11.8 Å². The van der Waals surface area contributed by atoms with Crippen LogP contribution in [0.2, 0.25) is 0 Å². The molecule has 68 heavy (non-hydrogen) atoms. The van der Waals surface area contributed by atoms with Gasteiger partial charge in [0.1, 0.15) is 44.7 Å². The summed E-state index contributed by atoms with van der Waals surface area (Å²) in [5.74, 6) is 0.508. The molecule has 4 atom stereocenters. The zero-order valence-corrected chi connectivity index (χ0v) is 37.1. The van der Waals surface area contributed by atoms with E-state index in [2.05, 4.69) is 182 Å². The minimum Gasteiger partial charge on any atom is -0.456 e. The Hall–Kier alpha value is -8.08. The average molecular weight is 875 g/mol. The Morgan fingerprint density at radius 3 is 1.40 bits per heavy atom. The molecule has 0 bridgehead atoms. The largest absolute Gasteiger partial charge is 0.456 e. The first-order chi connectivity index (χ1) is 33.7. The van der Waals surface area contributed by atoms with Gasteiger partial charge in [0.2, 0.25) is 0 Å². The second-order valence-corrected chi connectivity index (χ2v) is 19.5. The van der Waals surface area contributed by atoms with Crippen LogP contribution < -0.4 is 0 Å². The lowest BCUT2D eigenvalue weighted by molar-refractivity contribution is 0.376. The topological polar surface area (TPSA) is 52.6 Å². The number of rotatable bonds is 4. The number of para-hydroxylation sites is 8. The molecule has 16 rings (SSSR count). The molecule has 8 aromatic carbocycles. The lowest BCUT2D eigenvalue weighted by Crippen LogP contribution is -2.36. The summed E-state index contributed by atoms with van der Waals surface area (Å²) >= 11 is 0. The van der Waals surface area contributed by atoms with E-state index in [4.69, 9.17) is 17.7 Å². The number of hydrogen-bond acceptors (Lipinski definition) is 4. The molecule has 4 unspecified atom stereocenters. The second-order valence-electron chi connectivity index (χ2n) is 19.5. The summed E-state index contributed by atoms with van der Waals surface area (Å²) in [6.45, 7) is 0. The van der Waals surface area contributed by atoms with Crippen LogP contribution in [-0.2, 0) is 0 Å². The Morgan fingerprint density at radius 1 is 0.368 bits per heavy atom. The number of hydrogen-bond donors (Lipinski definition) is 0. The van der Waals surface area contributed by atoms with Gasteiger partial charge in [-0.2, -0.15) is 0 Å². The summed E-state index contributed by atoms with van der Waals surface area (Å²) < 4.78 is 27.6. The van der Waals surface area contributed by atoms with Crippen LogP contribution in [0.25, 0.3) is 98.9 Å². The second kappa shape index (κ2) is 13.7. The Balaban J connectivity index is 0.990. The third-order valence-corrected chi connectivity index (χ3v) is 16.4. The van der Waals surface area contributed by atoms with Gasteiger partial charge in [0.05, 0.1) is 0 Å². The highest BCUT2D eigenvalue weighted by atomic mass is 16.3. The fourth-order valence-corrected chi connectivity index (χ4v) is 13.6. The molecule has 0 radical (unpaired) electrons. The zero-order chi connectivity index (χ0) is 44.2. The third-order valence-electron chi connectivity index (χ3n) is 16.4. The summed E-state index contributed by atoms with van der Waals surface area (Å²) in [7, 11) is 0. The highest BCUT2D eigenvalue weighted by Gasteiger charge is 2.49. The lowest BCUT2D eigenvalue weighted by Gasteiger charge is -2.49. The van der Waals surface area contributed by atoms with Crippen molar-refractivity contribution in [1.82, 2.24) is 0 Å². The molecule has 4 heteroatoms. The number of benzene rings is 8. The van der Waals surface area contributed by atoms with E-state index in [1.54, 1.807) is 5.57 Å². The van der Waals surface area contributed by atoms with Crippen LogP contribution in [0.5, 0.6) is 0 Å². The minimum absolute atomic E-state index is 0.0469. The highest BCUT2D eigenvalue weighted by molar-refractivity contribution is 6.11. The molecular weight excluding hydrogens is 833 g/mol. The molecule has 4 aliphatic rings. The standard InChI is InChI=1S/C64H42O4/c1-5-25-55-35(13-1)43-17-9-21-47(61(43)65-55)51-33-52(48-22-10-18-44-36-14-2-6-26-56(36)66-62(44)48)40-31-32-42-54(50-24-12-20-46-38-16-4-8-28-58(38)68-64(46)50)34-53(41-30-29-39(51)59(40)60(41)42)49-23-11-19-45-37-15-3-7-27-57(37)67-63(45)49/h1-30,39,51,53,59H,31-34H2. The lowest BCUT2D eigenvalue weighted by atomic mass is 9.54. The molecule has 1 saturated carbocycles. The first-order valence-electron chi connectivity index (χ1n) is 24.2. The highest BCUT2D eigenvalue weighted by Crippen LogP contribution is 2.63. The van der Waals surface area contributed by atoms with Gasteiger partial charge in [-0.15, -0.1) is 0 Å². The summed E-state index contributed by atoms with van der Waals surface area (Å²) in [6.07, 6.45) is 8.75. The van der Waals surface area contributed by atoms with Crippen molar-refractivity contribution in [2.45, 2.75) is 37.5 Å². The van der Waals surface area contributed by atoms with Gasteiger partial charge >= 0.3 is 0 Å². The maximum Gasteiger partial charge on any atom is 0.142 e.